The first kappa shape index (κ1) is 14.9. The number of methoxy groups -OCH3 is 1. The summed E-state index contributed by atoms with van der Waals surface area (Å²) in [5.41, 5.74) is 5.49. The van der Waals surface area contributed by atoms with Crippen molar-refractivity contribution in [3.05, 3.63) is 71.4 Å². The highest BCUT2D eigenvalue weighted by Crippen LogP contribution is 2.30. The van der Waals surface area contributed by atoms with Gasteiger partial charge in [-0.3, -0.25) is 9.98 Å². The van der Waals surface area contributed by atoms with Crippen molar-refractivity contribution in [1.29, 1.82) is 0 Å². The number of hydrogen-bond donors (Lipinski definition) is 0. The average Bonchev–Trinajstić information content (AvgIpc) is 2.59. The minimum absolute atomic E-state index is 0.0987. The van der Waals surface area contributed by atoms with Gasteiger partial charge in [-0.25, -0.2) is 0 Å². The summed E-state index contributed by atoms with van der Waals surface area (Å²) >= 11 is 0. The lowest BCUT2D eigenvalue weighted by atomic mass is 9.85. The predicted octanol–water partition coefficient (Wildman–Crippen LogP) is 4.42. The Morgan fingerprint density at radius 2 is 1.88 bits per heavy atom. The first-order valence-electron chi connectivity index (χ1n) is 8.18. The lowest BCUT2D eigenvalue weighted by Crippen LogP contribution is -2.29. The molecule has 1 aliphatic rings. The molecule has 0 atom stereocenters. The summed E-state index contributed by atoms with van der Waals surface area (Å²) in [6.45, 7) is 4.37. The zero-order valence-corrected chi connectivity index (χ0v) is 14.2. The highest BCUT2D eigenvalue weighted by molar-refractivity contribution is 6.15. The molecule has 3 nitrogen and oxygen atoms in total. The van der Waals surface area contributed by atoms with Crippen LogP contribution >= 0.6 is 0 Å². The SMILES string of the molecule is COc1ccc2cc(C3=NC(C)(C)Cc4ccccc43)cnc2c1. The number of ether oxygens (including phenoxy) is 1. The van der Waals surface area contributed by atoms with Crippen LogP contribution < -0.4 is 4.74 Å². The van der Waals surface area contributed by atoms with Gasteiger partial charge < -0.3 is 4.74 Å². The number of aliphatic imine (C=N–C) groups is 1. The number of rotatable bonds is 2. The molecule has 2 aromatic carbocycles. The second-order valence-corrected chi connectivity index (χ2v) is 6.89. The normalized spacial score (nSPS) is 15.7. The second-order valence-electron chi connectivity index (χ2n) is 6.89. The van der Waals surface area contributed by atoms with E-state index in [-0.39, 0.29) is 5.54 Å². The van der Waals surface area contributed by atoms with Crippen LogP contribution in [-0.4, -0.2) is 23.3 Å². The minimum atomic E-state index is -0.0987. The van der Waals surface area contributed by atoms with Crippen molar-refractivity contribution >= 4 is 16.6 Å². The van der Waals surface area contributed by atoms with Gasteiger partial charge >= 0.3 is 0 Å². The van der Waals surface area contributed by atoms with Crippen LogP contribution in [0.25, 0.3) is 10.9 Å². The predicted molar refractivity (Wildman–Crippen MR) is 98.2 cm³/mol. The molecule has 0 N–H and O–H groups in total. The molecule has 3 heteroatoms. The van der Waals surface area contributed by atoms with Crippen molar-refractivity contribution in [3.63, 3.8) is 0 Å². The summed E-state index contributed by atoms with van der Waals surface area (Å²) in [5, 5.41) is 1.09. The van der Waals surface area contributed by atoms with Gasteiger partial charge in [-0.15, -0.1) is 0 Å². The number of pyridine rings is 1. The van der Waals surface area contributed by atoms with Gasteiger partial charge in [-0.1, -0.05) is 24.3 Å². The first-order valence-corrected chi connectivity index (χ1v) is 8.18. The van der Waals surface area contributed by atoms with Crippen molar-refractivity contribution in [2.75, 3.05) is 7.11 Å². The van der Waals surface area contributed by atoms with Crippen molar-refractivity contribution in [3.8, 4) is 5.75 Å². The van der Waals surface area contributed by atoms with Gasteiger partial charge in [0.25, 0.3) is 0 Å². The molecule has 4 rings (SSSR count). The minimum Gasteiger partial charge on any atom is -0.497 e. The van der Waals surface area contributed by atoms with E-state index in [2.05, 4.69) is 49.2 Å². The maximum absolute atomic E-state index is 5.28. The van der Waals surface area contributed by atoms with Gasteiger partial charge in [-0.2, -0.15) is 0 Å². The molecule has 0 saturated carbocycles. The molecular weight excluding hydrogens is 296 g/mol. The zero-order chi connectivity index (χ0) is 16.7. The van der Waals surface area contributed by atoms with Crippen LogP contribution in [0.4, 0.5) is 0 Å². The van der Waals surface area contributed by atoms with Crippen LogP contribution in [0.2, 0.25) is 0 Å². The van der Waals surface area contributed by atoms with Crippen molar-refractivity contribution < 1.29 is 4.74 Å². The van der Waals surface area contributed by atoms with Crippen molar-refractivity contribution in [2.24, 2.45) is 4.99 Å². The Morgan fingerprint density at radius 1 is 1.04 bits per heavy atom. The van der Waals surface area contributed by atoms with Crippen molar-refractivity contribution in [1.82, 2.24) is 4.98 Å². The standard InChI is InChI=1S/C21H20N2O/c1-21(2)12-15-6-4-5-7-18(15)20(23-21)16-10-14-8-9-17(24-3)11-19(14)22-13-16/h4-11,13H,12H2,1-3H3. The smallest absolute Gasteiger partial charge is 0.121 e. The molecule has 0 radical (unpaired) electrons. The van der Waals surface area contributed by atoms with E-state index in [9.17, 15) is 0 Å². The van der Waals surface area contributed by atoms with Crippen LogP contribution in [0.3, 0.4) is 0 Å². The van der Waals surface area contributed by atoms with E-state index < -0.39 is 0 Å². The number of benzene rings is 2. The quantitative estimate of drug-likeness (QED) is 0.701. The van der Waals surface area contributed by atoms with E-state index in [0.717, 1.165) is 34.3 Å². The fourth-order valence-corrected chi connectivity index (χ4v) is 3.35. The van der Waals surface area contributed by atoms with E-state index in [1.807, 2.05) is 24.4 Å². The summed E-state index contributed by atoms with van der Waals surface area (Å²) in [6, 6.07) is 16.7. The third kappa shape index (κ3) is 2.56. The monoisotopic (exact) mass is 316 g/mol. The van der Waals surface area contributed by atoms with Crippen molar-refractivity contribution in [2.45, 2.75) is 25.8 Å². The lowest BCUT2D eigenvalue weighted by molar-refractivity contribution is 0.415. The van der Waals surface area contributed by atoms with Gasteiger partial charge in [0.15, 0.2) is 0 Å². The van der Waals surface area contributed by atoms with Gasteiger partial charge in [0.2, 0.25) is 0 Å². The third-order valence-corrected chi connectivity index (χ3v) is 4.47. The summed E-state index contributed by atoms with van der Waals surface area (Å²) in [7, 11) is 1.67. The van der Waals surface area contributed by atoms with Gasteiger partial charge in [0.05, 0.1) is 23.9 Å². The molecule has 2 heterocycles. The van der Waals surface area contributed by atoms with Gasteiger partial charge in [0, 0.05) is 28.8 Å². The molecule has 120 valence electrons. The number of nitrogens with zero attached hydrogens (tertiary/aromatic N) is 2. The van der Waals surface area contributed by atoms with Crippen LogP contribution in [-0.2, 0) is 6.42 Å². The van der Waals surface area contributed by atoms with E-state index in [4.69, 9.17) is 9.73 Å². The second kappa shape index (κ2) is 5.45. The molecule has 1 aliphatic heterocycles. The molecule has 0 bridgehead atoms. The third-order valence-electron chi connectivity index (χ3n) is 4.47. The van der Waals surface area contributed by atoms with E-state index >= 15 is 0 Å². The largest absolute Gasteiger partial charge is 0.497 e. The summed E-state index contributed by atoms with van der Waals surface area (Å²) in [5.74, 6) is 0.823. The first-order chi connectivity index (χ1) is 11.6. The molecule has 0 unspecified atom stereocenters. The van der Waals surface area contributed by atoms with E-state index in [0.29, 0.717) is 0 Å². The highest BCUT2D eigenvalue weighted by atomic mass is 16.5. The fraction of sp³-hybridized carbons (Fsp3) is 0.238. The van der Waals surface area contributed by atoms with Crippen LogP contribution in [0, 0.1) is 0 Å². The maximum atomic E-state index is 5.28. The Kier molecular flexibility index (Phi) is 3.38. The molecule has 1 aromatic heterocycles. The number of hydrogen-bond acceptors (Lipinski definition) is 3. The molecule has 0 saturated heterocycles. The summed E-state index contributed by atoms with van der Waals surface area (Å²) < 4.78 is 5.28. The molecule has 3 aromatic rings. The lowest BCUT2D eigenvalue weighted by Gasteiger charge is -2.29. The maximum Gasteiger partial charge on any atom is 0.121 e. The van der Waals surface area contributed by atoms with E-state index in [1.165, 1.54) is 11.1 Å². The molecule has 24 heavy (non-hydrogen) atoms. The van der Waals surface area contributed by atoms with Gasteiger partial charge in [0.1, 0.15) is 5.75 Å². The number of fused-ring (bicyclic) bond motifs is 2. The average molecular weight is 316 g/mol. The Morgan fingerprint density at radius 3 is 2.71 bits per heavy atom. The molecular formula is C21H20N2O. The molecule has 0 fully saturated rings. The van der Waals surface area contributed by atoms with Crippen LogP contribution in [0.15, 0.2) is 59.7 Å². The Labute approximate surface area is 142 Å². The molecule has 0 amide bonds. The highest BCUT2D eigenvalue weighted by Gasteiger charge is 2.27. The fourth-order valence-electron chi connectivity index (χ4n) is 3.35. The Hall–Kier alpha value is -2.68. The van der Waals surface area contributed by atoms with Crippen LogP contribution in [0.5, 0.6) is 5.75 Å². The molecule has 0 aliphatic carbocycles. The summed E-state index contributed by atoms with van der Waals surface area (Å²) in [6.07, 6.45) is 2.88. The summed E-state index contributed by atoms with van der Waals surface area (Å²) in [4.78, 5) is 9.64. The van der Waals surface area contributed by atoms with Gasteiger partial charge in [-0.05, 0) is 44.0 Å². The topological polar surface area (TPSA) is 34.5 Å². The van der Waals surface area contributed by atoms with Crippen LogP contribution in [0.1, 0.15) is 30.5 Å². The van der Waals surface area contributed by atoms with E-state index in [1.54, 1.807) is 7.11 Å². The number of aromatic nitrogens is 1. The Bertz CT molecular complexity index is 957. The molecule has 0 spiro atoms. The Balaban J connectivity index is 1.88. The zero-order valence-electron chi connectivity index (χ0n) is 14.2.